The summed E-state index contributed by atoms with van der Waals surface area (Å²) in [4.78, 5) is 14.7. The molecule has 22 heavy (non-hydrogen) atoms. The fourth-order valence-corrected chi connectivity index (χ4v) is 3.26. The van der Waals surface area contributed by atoms with Crippen LogP contribution in [-0.4, -0.2) is 29.9 Å². The number of piperidine rings is 1. The first kappa shape index (κ1) is 17.0. The van der Waals surface area contributed by atoms with Crippen LogP contribution in [-0.2, 0) is 6.54 Å². The lowest BCUT2D eigenvalue weighted by Crippen LogP contribution is -2.34. The molecule has 2 rings (SSSR count). The summed E-state index contributed by atoms with van der Waals surface area (Å²) in [5.41, 5.74) is 2.06. The minimum absolute atomic E-state index is 0.0408. The molecule has 1 amide bonds. The lowest BCUT2D eigenvalue weighted by Gasteiger charge is -2.30. The number of benzene rings is 1. The third-order valence-corrected chi connectivity index (χ3v) is 4.46. The van der Waals surface area contributed by atoms with Crippen LogP contribution in [0.1, 0.15) is 62.4 Å². The molecular weight excluding hydrogens is 272 g/mol. The van der Waals surface area contributed by atoms with E-state index < -0.39 is 0 Å². The Labute approximate surface area is 135 Å². The summed E-state index contributed by atoms with van der Waals surface area (Å²) in [7, 11) is 0. The van der Waals surface area contributed by atoms with Gasteiger partial charge in [0.1, 0.15) is 0 Å². The van der Waals surface area contributed by atoms with Crippen molar-refractivity contribution in [2.24, 2.45) is 5.92 Å². The van der Waals surface area contributed by atoms with Gasteiger partial charge in [-0.25, -0.2) is 0 Å². The molecule has 0 spiro atoms. The van der Waals surface area contributed by atoms with E-state index in [1.54, 1.807) is 0 Å². The van der Waals surface area contributed by atoms with Crippen molar-refractivity contribution in [2.75, 3.05) is 13.1 Å². The van der Waals surface area contributed by atoms with Crippen LogP contribution < -0.4 is 5.32 Å². The van der Waals surface area contributed by atoms with Gasteiger partial charge in [-0.15, -0.1) is 0 Å². The van der Waals surface area contributed by atoms with Crippen LogP contribution in [0.15, 0.2) is 24.3 Å². The van der Waals surface area contributed by atoms with Crippen molar-refractivity contribution in [1.29, 1.82) is 0 Å². The molecule has 1 aliphatic rings. The van der Waals surface area contributed by atoms with Gasteiger partial charge >= 0.3 is 0 Å². The quantitative estimate of drug-likeness (QED) is 0.866. The highest BCUT2D eigenvalue weighted by molar-refractivity contribution is 5.94. The molecule has 0 unspecified atom stereocenters. The molecule has 1 saturated heterocycles. The summed E-state index contributed by atoms with van der Waals surface area (Å²) in [5.74, 6) is 0.845. The molecule has 1 N–H and O–H groups in total. The van der Waals surface area contributed by atoms with Crippen molar-refractivity contribution < 1.29 is 4.79 Å². The van der Waals surface area contributed by atoms with Crippen LogP contribution in [0.5, 0.6) is 0 Å². The lowest BCUT2D eigenvalue weighted by atomic mass is 9.99. The van der Waals surface area contributed by atoms with Gasteiger partial charge in [-0.2, -0.15) is 0 Å². The van der Waals surface area contributed by atoms with E-state index in [2.05, 4.69) is 43.1 Å². The van der Waals surface area contributed by atoms with E-state index >= 15 is 0 Å². The molecule has 1 heterocycles. The average molecular weight is 302 g/mol. The summed E-state index contributed by atoms with van der Waals surface area (Å²) in [6.07, 6.45) is 4.77. The SMILES string of the molecule is CCC[C@H](C)NC(=O)c1ccc(CN2CCC[C@@H](C)C2)cc1. The number of nitrogens with one attached hydrogen (secondary N) is 1. The molecule has 0 aliphatic carbocycles. The molecule has 1 aromatic carbocycles. The van der Waals surface area contributed by atoms with Crippen LogP contribution in [0.3, 0.4) is 0 Å². The van der Waals surface area contributed by atoms with Gasteiger partial charge < -0.3 is 5.32 Å². The van der Waals surface area contributed by atoms with Crippen molar-refractivity contribution in [1.82, 2.24) is 10.2 Å². The predicted octanol–water partition coefficient (Wildman–Crippen LogP) is 3.84. The Morgan fingerprint density at radius 1 is 1.36 bits per heavy atom. The second-order valence-corrected chi connectivity index (χ2v) is 6.84. The van der Waals surface area contributed by atoms with E-state index in [1.807, 2.05) is 12.1 Å². The fourth-order valence-electron chi connectivity index (χ4n) is 3.26. The first-order valence-corrected chi connectivity index (χ1v) is 8.70. The maximum atomic E-state index is 12.2. The van der Waals surface area contributed by atoms with Crippen molar-refractivity contribution in [3.8, 4) is 0 Å². The van der Waals surface area contributed by atoms with Gasteiger partial charge in [0.25, 0.3) is 5.91 Å². The Hall–Kier alpha value is -1.35. The molecule has 1 aliphatic heterocycles. The van der Waals surface area contributed by atoms with Crippen LogP contribution in [0.25, 0.3) is 0 Å². The van der Waals surface area contributed by atoms with E-state index in [-0.39, 0.29) is 11.9 Å². The summed E-state index contributed by atoms with van der Waals surface area (Å²) >= 11 is 0. The molecular formula is C19H30N2O. The van der Waals surface area contributed by atoms with Crippen molar-refractivity contribution >= 4 is 5.91 Å². The largest absolute Gasteiger partial charge is 0.350 e. The molecule has 122 valence electrons. The third-order valence-electron chi connectivity index (χ3n) is 4.46. The number of hydrogen-bond acceptors (Lipinski definition) is 2. The normalized spacial score (nSPS) is 20.6. The van der Waals surface area contributed by atoms with Crippen molar-refractivity contribution in [3.05, 3.63) is 35.4 Å². The Balaban J connectivity index is 1.88. The number of rotatable bonds is 6. The highest BCUT2D eigenvalue weighted by Crippen LogP contribution is 2.18. The van der Waals surface area contributed by atoms with E-state index in [0.717, 1.165) is 30.9 Å². The maximum absolute atomic E-state index is 12.2. The number of nitrogens with zero attached hydrogens (tertiary/aromatic N) is 1. The van der Waals surface area contributed by atoms with E-state index in [1.165, 1.54) is 31.5 Å². The predicted molar refractivity (Wildman–Crippen MR) is 92.0 cm³/mol. The summed E-state index contributed by atoms with van der Waals surface area (Å²) in [5, 5.41) is 3.05. The van der Waals surface area contributed by atoms with Gasteiger partial charge in [0.2, 0.25) is 0 Å². The van der Waals surface area contributed by atoms with Crippen molar-refractivity contribution in [3.63, 3.8) is 0 Å². The molecule has 0 aromatic heterocycles. The van der Waals surface area contributed by atoms with E-state index in [0.29, 0.717) is 0 Å². The minimum atomic E-state index is 0.0408. The first-order valence-electron chi connectivity index (χ1n) is 8.70. The topological polar surface area (TPSA) is 32.3 Å². The average Bonchev–Trinajstić information content (AvgIpc) is 2.48. The van der Waals surface area contributed by atoms with Gasteiger partial charge in [0, 0.05) is 24.7 Å². The molecule has 2 atom stereocenters. The highest BCUT2D eigenvalue weighted by atomic mass is 16.1. The van der Waals surface area contributed by atoms with Gasteiger partial charge in [0.15, 0.2) is 0 Å². The van der Waals surface area contributed by atoms with Crippen LogP contribution in [0, 0.1) is 5.92 Å². The van der Waals surface area contributed by atoms with Gasteiger partial charge in [-0.05, 0) is 56.3 Å². The molecule has 1 aromatic rings. The fraction of sp³-hybridized carbons (Fsp3) is 0.632. The lowest BCUT2D eigenvalue weighted by molar-refractivity contribution is 0.0938. The Kier molecular flexibility index (Phi) is 6.44. The Morgan fingerprint density at radius 3 is 2.73 bits per heavy atom. The van der Waals surface area contributed by atoms with Crippen LogP contribution in [0.4, 0.5) is 0 Å². The number of hydrogen-bond donors (Lipinski definition) is 1. The Morgan fingerprint density at radius 2 is 2.09 bits per heavy atom. The zero-order chi connectivity index (χ0) is 15.9. The molecule has 0 bridgehead atoms. The summed E-state index contributed by atoms with van der Waals surface area (Å²) < 4.78 is 0. The highest BCUT2D eigenvalue weighted by Gasteiger charge is 2.16. The molecule has 0 radical (unpaired) electrons. The Bertz CT molecular complexity index is 469. The monoisotopic (exact) mass is 302 g/mol. The second-order valence-electron chi connectivity index (χ2n) is 6.84. The zero-order valence-corrected chi connectivity index (χ0v) is 14.3. The summed E-state index contributed by atoms with van der Waals surface area (Å²) in [6.45, 7) is 9.92. The second kappa shape index (κ2) is 8.33. The first-order chi connectivity index (χ1) is 10.6. The number of likely N-dealkylation sites (tertiary alicyclic amines) is 1. The maximum Gasteiger partial charge on any atom is 0.251 e. The van der Waals surface area contributed by atoms with Crippen molar-refractivity contribution in [2.45, 2.75) is 59.0 Å². The van der Waals surface area contributed by atoms with Gasteiger partial charge in [-0.1, -0.05) is 32.4 Å². The smallest absolute Gasteiger partial charge is 0.251 e. The number of amides is 1. The third kappa shape index (κ3) is 5.13. The zero-order valence-electron chi connectivity index (χ0n) is 14.3. The standard InChI is InChI=1S/C19H30N2O/c1-4-6-16(3)20-19(22)18-10-8-17(9-11-18)14-21-12-5-7-15(2)13-21/h8-11,15-16H,4-7,12-14H2,1-3H3,(H,20,22)/t15-,16+/m1/s1. The molecule has 3 nitrogen and oxygen atoms in total. The van der Waals surface area contributed by atoms with Gasteiger partial charge in [0.05, 0.1) is 0 Å². The van der Waals surface area contributed by atoms with E-state index in [9.17, 15) is 4.79 Å². The number of carbonyl (C=O) groups is 1. The van der Waals surface area contributed by atoms with E-state index in [4.69, 9.17) is 0 Å². The van der Waals surface area contributed by atoms with Crippen LogP contribution in [0.2, 0.25) is 0 Å². The molecule has 0 saturated carbocycles. The molecule has 3 heteroatoms. The molecule has 1 fully saturated rings. The summed E-state index contributed by atoms with van der Waals surface area (Å²) in [6, 6.07) is 8.34. The van der Waals surface area contributed by atoms with Gasteiger partial charge in [-0.3, -0.25) is 9.69 Å². The minimum Gasteiger partial charge on any atom is -0.350 e. The van der Waals surface area contributed by atoms with Crippen LogP contribution >= 0.6 is 0 Å². The number of carbonyl (C=O) groups excluding carboxylic acids is 1.